The first kappa shape index (κ1) is 16.0. The highest BCUT2D eigenvalue weighted by molar-refractivity contribution is 7.14. The average Bonchev–Trinajstić information content (AvgIpc) is 2.78. The van der Waals surface area contributed by atoms with Crippen molar-refractivity contribution in [3.05, 3.63) is 21.4 Å². The molecule has 0 unspecified atom stereocenters. The second-order valence-electron chi connectivity index (χ2n) is 7.11. The number of fused-ring (bicyclic) bond motifs is 1. The predicted molar refractivity (Wildman–Crippen MR) is 92.8 cm³/mol. The minimum absolute atomic E-state index is 0.266. The van der Waals surface area contributed by atoms with Crippen molar-refractivity contribution in [2.45, 2.75) is 46.0 Å². The second kappa shape index (κ2) is 7.14. The molecule has 1 aromatic heterocycles. The summed E-state index contributed by atoms with van der Waals surface area (Å²) < 4.78 is 0. The lowest BCUT2D eigenvalue weighted by molar-refractivity contribution is 0.0628. The largest absolute Gasteiger partial charge is 0.335 e. The predicted octanol–water partition coefficient (Wildman–Crippen LogP) is 3.43. The van der Waals surface area contributed by atoms with Crippen LogP contribution in [-0.2, 0) is 12.8 Å². The summed E-state index contributed by atoms with van der Waals surface area (Å²) in [5.74, 6) is 0.970. The van der Waals surface area contributed by atoms with Gasteiger partial charge in [-0.15, -0.1) is 11.3 Å². The molecule has 1 saturated heterocycles. The van der Waals surface area contributed by atoms with Crippen LogP contribution in [0.3, 0.4) is 0 Å². The smallest absolute Gasteiger partial charge is 0.264 e. The van der Waals surface area contributed by atoms with E-state index in [1.807, 2.05) is 0 Å². The lowest BCUT2D eigenvalue weighted by Gasteiger charge is -2.35. The molecule has 0 aromatic carbocycles. The molecule has 3 nitrogen and oxygen atoms in total. The van der Waals surface area contributed by atoms with Crippen molar-refractivity contribution in [1.82, 2.24) is 9.80 Å². The molecule has 3 rings (SSSR count). The van der Waals surface area contributed by atoms with Gasteiger partial charge < -0.3 is 4.90 Å². The number of aryl methyl sites for hydroxylation is 2. The van der Waals surface area contributed by atoms with Gasteiger partial charge in [-0.05, 0) is 43.2 Å². The van der Waals surface area contributed by atoms with E-state index in [2.05, 4.69) is 29.7 Å². The van der Waals surface area contributed by atoms with E-state index in [1.165, 1.54) is 42.5 Å². The number of amides is 1. The fourth-order valence-corrected chi connectivity index (χ4v) is 4.80. The van der Waals surface area contributed by atoms with E-state index in [1.54, 1.807) is 11.3 Å². The van der Waals surface area contributed by atoms with Crippen molar-refractivity contribution in [2.75, 3.05) is 32.7 Å². The van der Waals surface area contributed by atoms with Crippen molar-refractivity contribution in [2.24, 2.45) is 5.92 Å². The number of rotatable bonds is 3. The van der Waals surface area contributed by atoms with Crippen LogP contribution < -0.4 is 0 Å². The molecule has 1 aromatic rings. The summed E-state index contributed by atoms with van der Waals surface area (Å²) in [6.07, 6.45) is 6.25. The maximum Gasteiger partial charge on any atom is 0.264 e. The van der Waals surface area contributed by atoms with Crippen LogP contribution in [0.2, 0.25) is 0 Å². The van der Waals surface area contributed by atoms with E-state index >= 15 is 0 Å². The third kappa shape index (κ3) is 3.72. The Balaban J connectivity index is 1.60. The van der Waals surface area contributed by atoms with Crippen molar-refractivity contribution >= 4 is 17.2 Å². The fourth-order valence-electron chi connectivity index (χ4n) is 3.58. The molecule has 0 spiro atoms. The van der Waals surface area contributed by atoms with Crippen LogP contribution in [0.1, 0.15) is 53.2 Å². The summed E-state index contributed by atoms with van der Waals surface area (Å²) in [7, 11) is 0. The molecule has 0 atom stereocenters. The van der Waals surface area contributed by atoms with Gasteiger partial charge >= 0.3 is 0 Å². The minimum Gasteiger partial charge on any atom is -0.335 e. The molecule has 1 fully saturated rings. The Morgan fingerprint density at radius 2 is 1.86 bits per heavy atom. The Hall–Kier alpha value is -0.870. The molecule has 2 aliphatic rings. The average molecular weight is 321 g/mol. The van der Waals surface area contributed by atoms with Gasteiger partial charge in [0.2, 0.25) is 0 Å². The molecule has 22 heavy (non-hydrogen) atoms. The molecular formula is C18H28N2OS. The molecule has 0 N–H and O–H groups in total. The van der Waals surface area contributed by atoms with Crippen LogP contribution in [0, 0.1) is 5.92 Å². The van der Waals surface area contributed by atoms with Crippen LogP contribution in [0.5, 0.6) is 0 Å². The van der Waals surface area contributed by atoms with Crippen molar-refractivity contribution in [1.29, 1.82) is 0 Å². The van der Waals surface area contributed by atoms with Crippen molar-refractivity contribution in [3.63, 3.8) is 0 Å². The Morgan fingerprint density at radius 3 is 2.59 bits per heavy atom. The fraction of sp³-hybridized carbons (Fsp3) is 0.722. The lowest BCUT2D eigenvalue weighted by atomic mass is 10.1. The first-order chi connectivity index (χ1) is 10.6. The molecule has 1 amide bonds. The van der Waals surface area contributed by atoms with Crippen LogP contribution in [-0.4, -0.2) is 48.4 Å². The third-order valence-corrected chi connectivity index (χ3v) is 5.97. The van der Waals surface area contributed by atoms with Crippen LogP contribution in [0.15, 0.2) is 6.07 Å². The first-order valence-electron chi connectivity index (χ1n) is 8.76. The van der Waals surface area contributed by atoms with E-state index < -0.39 is 0 Å². The first-order valence-corrected chi connectivity index (χ1v) is 9.58. The zero-order chi connectivity index (χ0) is 15.5. The Morgan fingerprint density at radius 1 is 1.14 bits per heavy atom. The van der Waals surface area contributed by atoms with Gasteiger partial charge in [0.05, 0.1) is 4.88 Å². The summed E-state index contributed by atoms with van der Waals surface area (Å²) in [5.41, 5.74) is 1.45. The molecule has 4 heteroatoms. The normalized spacial score (nSPS) is 20.0. The Labute approximate surface area is 138 Å². The monoisotopic (exact) mass is 320 g/mol. The van der Waals surface area contributed by atoms with Crippen molar-refractivity contribution in [3.8, 4) is 0 Å². The zero-order valence-electron chi connectivity index (χ0n) is 13.9. The highest BCUT2D eigenvalue weighted by atomic mass is 32.1. The third-order valence-electron chi connectivity index (χ3n) is 4.74. The maximum absolute atomic E-state index is 12.8. The molecule has 0 saturated carbocycles. The molecule has 1 aliphatic heterocycles. The van der Waals surface area contributed by atoms with Crippen molar-refractivity contribution < 1.29 is 4.79 Å². The number of carbonyl (C=O) groups is 1. The van der Waals surface area contributed by atoms with Gasteiger partial charge in [0, 0.05) is 37.6 Å². The number of hydrogen-bond donors (Lipinski definition) is 0. The standard InChI is InChI=1S/C18H28N2OS/c1-14(2)13-19-8-10-20(11-9-19)18(21)17-12-15-6-4-3-5-7-16(15)22-17/h12,14H,3-11,13H2,1-2H3. The second-order valence-corrected chi connectivity index (χ2v) is 8.24. The van der Waals surface area contributed by atoms with E-state index in [0.29, 0.717) is 5.92 Å². The number of hydrogen-bond acceptors (Lipinski definition) is 3. The van der Waals surface area contributed by atoms with Crippen LogP contribution >= 0.6 is 11.3 Å². The highest BCUT2D eigenvalue weighted by Crippen LogP contribution is 2.29. The van der Waals surface area contributed by atoms with Gasteiger partial charge in [-0.2, -0.15) is 0 Å². The van der Waals surface area contributed by atoms with E-state index in [-0.39, 0.29) is 5.91 Å². The molecule has 0 bridgehead atoms. The number of thiophene rings is 1. The van der Waals surface area contributed by atoms with Gasteiger partial charge in [-0.25, -0.2) is 0 Å². The number of piperazine rings is 1. The quantitative estimate of drug-likeness (QED) is 0.797. The van der Waals surface area contributed by atoms with E-state index in [9.17, 15) is 4.79 Å². The number of nitrogens with zero attached hydrogens (tertiary/aromatic N) is 2. The summed E-state index contributed by atoms with van der Waals surface area (Å²) in [6, 6.07) is 2.19. The topological polar surface area (TPSA) is 23.6 Å². The lowest BCUT2D eigenvalue weighted by Crippen LogP contribution is -2.49. The van der Waals surface area contributed by atoms with Crippen LogP contribution in [0.25, 0.3) is 0 Å². The van der Waals surface area contributed by atoms with E-state index in [0.717, 1.165) is 37.6 Å². The van der Waals surface area contributed by atoms with Gasteiger partial charge in [0.25, 0.3) is 5.91 Å². The zero-order valence-corrected chi connectivity index (χ0v) is 14.8. The molecular weight excluding hydrogens is 292 g/mol. The summed E-state index contributed by atoms with van der Waals surface area (Å²) in [5, 5.41) is 0. The summed E-state index contributed by atoms with van der Waals surface area (Å²) in [6.45, 7) is 9.48. The Kier molecular flexibility index (Phi) is 5.19. The van der Waals surface area contributed by atoms with Gasteiger partial charge in [-0.1, -0.05) is 20.3 Å². The summed E-state index contributed by atoms with van der Waals surface area (Å²) >= 11 is 1.76. The van der Waals surface area contributed by atoms with Gasteiger partial charge in [0.15, 0.2) is 0 Å². The molecule has 1 aliphatic carbocycles. The van der Waals surface area contributed by atoms with Gasteiger partial charge in [0.1, 0.15) is 0 Å². The van der Waals surface area contributed by atoms with Gasteiger partial charge in [-0.3, -0.25) is 9.69 Å². The number of carbonyl (C=O) groups excluding carboxylic acids is 1. The van der Waals surface area contributed by atoms with Crippen LogP contribution in [0.4, 0.5) is 0 Å². The molecule has 122 valence electrons. The van der Waals surface area contributed by atoms with E-state index in [4.69, 9.17) is 0 Å². The minimum atomic E-state index is 0.266. The maximum atomic E-state index is 12.8. The summed E-state index contributed by atoms with van der Waals surface area (Å²) in [4.78, 5) is 19.7. The highest BCUT2D eigenvalue weighted by Gasteiger charge is 2.24. The Bertz CT molecular complexity index is 492. The molecule has 0 radical (unpaired) electrons. The SMILES string of the molecule is CC(C)CN1CCN(C(=O)c2cc3c(s2)CCCCC3)CC1. The molecule has 2 heterocycles.